The van der Waals surface area contributed by atoms with Gasteiger partial charge in [0.2, 0.25) is 10.0 Å². The van der Waals surface area contributed by atoms with Gasteiger partial charge in [-0.15, -0.1) is 0 Å². The topological polar surface area (TPSA) is 101 Å². The molecule has 2 rings (SSSR count). The highest BCUT2D eigenvalue weighted by Crippen LogP contribution is 2.10. The van der Waals surface area contributed by atoms with Gasteiger partial charge in [0.05, 0.1) is 23.2 Å². The van der Waals surface area contributed by atoms with Crippen LogP contribution in [0.1, 0.15) is 15.9 Å². The maximum atomic E-state index is 12.0. The summed E-state index contributed by atoms with van der Waals surface area (Å²) in [5.74, 6) is -1.10. The lowest BCUT2D eigenvalue weighted by atomic mass is 10.2. The molecule has 2 N–H and O–H groups in total. The smallest absolute Gasteiger partial charge is 0.335 e. The van der Waals surface area contributed by atoms with Crippen LogP contribution >= 0.6 is 0 Å². The van der Waals surface area contributed by atoms with Gasteiger partial charge in [0.25, 0.3) is 0 Å². The second-order valence-corrected chi connectivity index (χ2v) is 6.28. The van der Waals surface area contributed by atoms with Crippen molar-refractivity contribution in [1.29, 1.82) is 0 Å². The van der Waals surface area contributed by atoms with E-state index in [9.17, 15) is 13.2 Å². The predicted molar refractivity (Wildman–Crippen MR) is 75.6 cm³/mol. The summed E-state index contributed by atoms with van der Waals surface area (Å²) in [5, 5.41) is 12.8. The number of carboxylic acids is 1. The van der Waals surface area contributed by atoms with Gasteiger partial charge in [-0.2, -0.15) is 5.10 Å². The highest BCUT2D eigenvalue weighted by atomic mass is 32.2. The Morgan fingerprint density at radius 3 is 2.52 bits per heavy atom. The Hall–Kier alpha value is -2.19. The van der Waals surface area contributed by atoms with Gasteiger partial charge in [0, 0.05) is 12.7 Å². The Morgan fingerprint density at radius 1 is 1.33 bits per heavy atom. The van der Waals surface area contributed by atoms with E-state index in [0.717, 1.165) is 5.56 Å². The molecule has 112 valence electrons. The Morgan fingerprint density at radius 2 is 2.00 bits per heavy atom. The van der Waals surface area contributed by atoms with E-state index in [2.05, 4.69) is 9.82 Å². The number of carboxylic acid groups (broad SMARTS) is 1. The van der Waals surface area contributed by atoms with Crippen LogP contribution in [-0.4, -0.2) is 35.8 Å². The normalized spacial score (nSPS) is 11.5. The van der Waals surface area contributed by atoms with E-state index in [-0.39, 0.29) is 17.0 Å². The number of nitrogens with zero attached hydrogens (tertiary/aromatic N) is 2. The van der Waals surface area contributed by atoms with E-state index in [1.807, 2.05) is 13.1 Å². The van der Waals surface area contributed by atoms with Gasteiger partial charge >= 0.3 is 5.97 Å². The quantitative estimate of drug-likeness (QED) is 0.824. The third-order valence-corrected chi connectivity index (χ3v) is 4.28. The number of aromatic nitrogens is 2. The lowest BCUT2D eigenvalue weighted by Crippen LogP contribution is -2.27. The number of sulfonamides is 1. The van der Waals surface area contributed by atoms with E-state index in [1.54, 1.807) is 10.9 Å². The van der Waals surface area contributed by atoms with Crippen LogP contribution in [0.15, 0.2) is 41.6 Å². The molecule has 1 aromatic heterocycles. The average Bonchev–Trinajstić information content (AvgIpc) is 2.84. The Kier molecular flexibility index (Phi) is 4.39. The van der Waals surface area contributed by atoms with Crippen LogP contribution in [0.25, 0.3) is 0 Å². The number of nitrogens with one attached hydrogen (secondary N) is 1. The SMILES string of the molecule is Cc1cnn(CCNS(=O)(=O)c2ccc(C(=O)O)cc2)c1. The summed E-state index contributed by atoms with van der Waals surface area (Å²) >= 11 is 0. The molecule has 2 aromatic rings. The molecule has 0 fully saturated rings. The number of aryl methyl sites for hydroxylation is 1. The molecule has 0 aliphatic rings. The molecule has 0 saturated carbocycles. The van der Waals surface area contributed by atoms with Gasteiger partial charge in [-0.25, -0.2) is 17.9 Å². The summed E-state index contributed by atoms with van der Waals surface area (Å²) in [4.78, 5) is 10.7. The monoisotopic (exact) mass is 309 g/mol. The fourth-order valence-electron chi connectivity index (χ4n) is 1.74. The summed E-state index contributed by atoms with van der Waals surface area (Å²) in [6.45, 7) is 2.52. The van der Waals surface area contributed by atoms with Crippen LogP contribution in [0.5, 0.6) is 0 Å². The van der Waals surface area contributed by atoms with Crippen molar-refractivity contribution in [2.75, 3.05) is 6.54 Å². The summed E-state index contributed by atoms with van der Waals surface area (Å²) in [5.41, 5.74) is 1.04. The van der Waals surface area contributed by atoms with Crippen molar-refractivity contribution in [3.05, 3.63) is 47.8 Å². The molecule has 1 aromatic carbocycles. The van der Waals surface area contributed by atoms with E-state index in [4.69, 9.17) is 5.11 Å². The molecule has 0 spiro atoms. The molecular formula is C13H15N3O4S. The zero-order valence-electron chi connectivity index (χ0n) is 11.4. The lowest BCUT2D eigenvalue weighted by molar-refractivity contribution is 0.0696. The van der Waals surface area contributed by atoms with Crippen molar-refractivity contribution in [3.8, 4) is 0 Å². The fourth-order valence-corrected chi connectivity index (χ4v) is 2.76. The van der Waals surface area contributed by atoms with Gasteiger partial charge in [0.15, 0.2) is 0 Å². The van der Waals surface area contributed by atoms with Gasteiger partial charge in [-0.3, -0.25) is 4.68 Å². The van der Waals surface area contributed by atoms with Crippen LogP contribution in [-0.2, 0) is 16.6 Å². The largest absolute Gasteiger partial charge is 0.478 e. The summed E-state index contributed by atoms with van der Waals surface area (Å²) in [6.07, 6.45) is 3.51. The lowest BCUT2D eigenvalue weighted by Gasteiger charge is -2.07. The molecule has 0 aliphatic carbocycles. The Bertz CT molecular complexity index is 735. The number of benzene rings is 1. The average molecular weight is 309 g/mol. The number of aromatic carboxylic acids is 1. The first kappa shape index (κ1) is 15.2. The molecule has 0 saturated heterocycles. The van der Waals surface area contributed by atoms with E-state index >= 15 is 0 Å². The number of carbonyl (C=O) groups is 1. The van der Waals surface area contributed by atoms with Crippen LogP contribution in [0.2, 0.25) is 0 Å². The molecule has 0 unspecified atom stereocenters. The summed E-state index contributed by atoms with van der Waals surface area (Å²) in [6, 6.07) is 5.05. The van der Waals surface area contributed by atoms with Crippen molar-refractivity contribution in [1.82, 2.24) is 14.5 Å². The van der Waals surface area contributed by atoms with Crippen LogP contribution in [0.4, 0.5) is 0 Å². The van der Waals surface area contributed by atoms with Crippen molar-refractivity contribution in [2.45, 2.75) is 18.4 Å². The third kappa shape index (κ3) is 3.89. The molecule has 0 bridgehead atoms. The maximum absolute atomic E-state index is 12.0. The first-order valence-electron chi connectivity index (χ1n) is 6.20. The number of hydrogen-bond acceptors (Lipinski definition) is 4. The number of hydrogen-bond donors (Lipinski definition) is 2. The first-order valence-corrected chi connectivity index (χ1v) is 7.69. The van der Waals surface area contributed by atoms with Crippen LogP contribution < -0.4 is 4.72 Å². The second kappa shape index (κ2) is 6.06. The van der Waals surface area contributed by atoms with Gasteiger partial charge in [0.1, 0.15) is 0 Å². The molecule has 1 heterocycles. The van der Waals surface area contributed by atoms with E-state index in [0.29, 0.717) is 6.54 Å². The van der Waals surface area contributed by atoms with Crippen molar-refractivity contribution in [3.63, 3.8) is 0 Å². The Balaban J connectivity index is 1.99. The van der Waals surface area contributed by atoms with Crippen molar-refractivity contribution in [2.24, 2.45) is 0 Å². The number of rotatable bonds is 6. The minimum absolute atomic E-state index is 0.0316. The highest BCUT2D eigenvalue weighted by Gasteiger charge is 2.14. The maximum Gasteiger partial charge on any atom is 0.335 e. The fraction of sp³-hybridized carbons (Fsp3) is 0.231. The molecule has 0 aliphatic heterocycles. The van der Waals surface area contributed by atoms with Crippen LogP contribution in [0, 0.1) is 6.92 Å². The minimum Gasteiger partial charge on any atom is -0.478 e. The van der Waals surface area contributed by atoms with E-state index in [1.165, 1.54) is 24.3 Å². The highest BCUT2D eigenvalue weighted by molar-refractivity contribution is 7.89. The molecule has 7 nitrogen and oxygen atoms in total. The molecule has 0 radical (unpaired) electrons. The van der Waals surface area contributed by atoms with Gasteiger partial charge in [-0.05, 0) is 36.8 Å². The second-order valence-electron chi connectivity index (χ2n) is 4.51. The predicted octanol–water partition coefficient (Wildman–Crippen LogP) is 0.868. The third-order valence-electron chi connectivity index (χ3n) is 2.81. The minimum atomic E-state index is -3.65. The molecule has 0 amide bonds. The Labute approximate surface area is 122 Å². The van der Waals surface area contributed by atoms with Crippen LogP contribution in [0.3, 0.4) is 0 Å². The zero-order valence-corrected chi connectivity index (χ0v) is 12.2. The molecule has 8 heteroatoms. The van der Waals surface area contributed by atoms with Crippen molar-refractivity contribution >= 4 is 16.0 Å². The summed E-state index contributed by atoms with van der Waals surface area (Å²) in [7, 11) is -3.65. The molecular weight excluding hydrogens is 294 g/mol. The molecule has 21 heavy (non-hydrogen) atoms. The van der Waals surface area contributed by atoms with E-state index < -0.39 is 16.0 Å². The van der Waals surface area contributed by atoms with Gasteiger partial charge < -0.3 is 5.11 Å². The van der Waals surface area contributed by atoms with Crippen molar-refractivity contribution < 1.29 is 18.3 Å². The summed E-state index contributed by atoms with van der Waals surface area (Å²) < 4.78 is 28.1. The zero-order chi connectivity index (χ0) is 15.5. The molecule has 0 atom stereocenters. The van der Waals surface area contributed by atoms with Gasteiger partial charge in [-0.1, -0.05) is 0 Å². The standard InChI is InChI=1S/C13H15N3O4S/c1-10-8-14-16(9-10)7-6-15-21(19,20)12-4-2-11(3-5-12)13(17)18/h2-5,8-9,15H,6-7H2,1H3,(H,17,18). The first-order chi connectivity index (χ1) is 9.88.